The molecule has 0 fully saturated rings. The predicted octanol–water partition coefficient (Wildman–Crippen LogP) is 2.24. The molecule has 0 saturated heterocycles. The van der Waals surface area contributed by atoms with Crippen molar-refractivity contribution in [2.45, 2.75) is 39.8 Å². The average Bonchev–Trinajstić information content (AvgIpc) is 2.27. The lowest BCUT2D eigenvalue weighted by molar-refractivity contribution is -0.125. The highest BCUT2D eigenvalue weighted by Crippen LogP contribution is 2.19. The van der Waals surface area contributed by atoms with E-state index in [9.17, 15) is 4.79 Å². The number of carbonyl (C=O) groups is 1. The molecule has 3 N–H and O–H groups in total. The molecule has 1 rings (SSSR count). The van der Waals surface area contributed by atoms with Gasteiger partial charge in [0.2, 0.25) is 5.91 Å². The lowest BCUT2D eigenvalue weighted by Gasteiger charge is -2.27. The first kappa shape index (κ1) is 13.7. The van der Waals surface area contributed by atoms with Crippen molar-refractivity contribution >= 4 is 5.91 Å². The summed E-state index contributed by atoms with van der Waals surface area (Å²) >= 11 is 0. The summed E-state index contributed by atoms with van der Waals surface area (Å²) in [6.45, 7) is 7.85. The van der Waals surface area contributed by atoms with Crippen LogP contribution in [-0.2, 0) is 4.79 Å². The van der Waals surface area contributed by atoms with Crippen LogP contribution in [0.25, 0.3) is 0 Å². The molecule has 3 nitrogen and oxygen atoms in total. The summed E-state index contributed by atoms with van der Waals surface area (Å²) in [4.78, 5) is 11.9. The SMILES string of the molecule is C[C@H](NC(=O)C(N)C(C)(C)C)c1ccccc1. The minimum absolute atomic E-state index is 0.0166. The van der Waals surface area contributed by atoms with Gasteiger partial charge in [0, 0.05) is 0 Å². The van der Waals surface area contributed by atoms with Crippen molar-refractivity contribution in [2.75, 3.05) is 0 Å². The normalized spacial score (nSPS) is 15.1. The van der Waals surface area contributed by atoms with E-state index in [1.807, 2.05) is 58.0 Å². The molecule has 1 aromatic carbocycles. The molecule has 0 heterocycles. The number of hydrogen-bond acceptors (Lipinski definition) is 2. The van der Waals surface area contributed by atoms with Crippen LogP contribution in [-0.4, -0.2) is 11.9 Å². The molecule has 0 bridgehead atoms. The molecule has 0 spiro atoms. The summed E-state index contributed by atoms with van der Waals surface area (Å²) in [7, 11) is 0. The van der Waals surface area contributed by atoms with Crippen molar-refractivity contribution in [2.24, 2.45) is 11.1 Å². The molecule has 0 aliphatic heterocycles. The molecule has 0 aromatic heterocycles. The zero-order chi connectivity index (χ0) is 13.1. The lowest BCUT2D eigenvalue weighted by Crippen LogP contribution is -2.49. The zero-order valence-corrected chi connectivity index (χ0v) is 11.0. The van der Waals surface area contributed by atoms with Crippen LogP contribution in [0.1, 0.15) is 39.3 Å². The average molecular weight is 234 g/mol. The molecule has 1 amide bonds. The third kappa shape index (κ3) is 3.86. The minimum atomic E-state index is -0.492. The van der Waals surface area contributed by atoms with Gasteiger partial charge in [-0.15, -0.1) is 0 Å². The Morgan fingerprint density at radius 1 is 1.24 bits per heavy atom. The highest BCUT2D eigenvalue weighted by atomic mass is 16.2. The Morgan fingerprint density at radius 3 is 2.24 bits per heavy atom. The fourth-order valence-corrected chi connectivity index (χ4v) is 1.52. The van der Waals surface area contributed by atoms with Crippen molar-refractivity contribution in [1.82, 2.24) is 5.32 Å². The molecule has 0 aliphatic rings. The molecule has 2 atom stereocenters. The summed E-state index contributed by atoms with van der Waals surface area (Å²) in [5, 5.41) is 2.94. The zero-order valence-electron chi connectivity index (χ0n) is 11.0. The third-order valence-electron chi connectivity index (χ3n) is 2.87. The molecule has 3 heteroatoms. The molecule has 0 radical (unpaired) electrons. The van der Waals surface area contributed by atoms with Crippen LogP contribution in [0.15, 0.2) is 30.3 Å². The lowest BCUT2D eigenvalue weighted by atomic mass is 9.86. The summed E-state index contributed by atoms with van der Waals surface area (Å²) in [5.74, 6) is -0.103. The second-order valence-corrected chi connectivity index (χ2v) is 5.48. The van der Waals surface area contributed by atoms with E-state index in [2.05, 4.69) is 5.32 Å². The van der Waals surface area contributed by atoms with Gasteiger partial charge in [-0.3, -0.25) is 4.79 Å². The Labute approximate surface area is 103 Å². The van der Waals surface area contributed by atoms with Gasteiger partial charge in [-0.2, -0.15) is 0 Å². The topological polar surface area (TPSA) is 55.1 Å². The van der Waals surface area contributed by atoms with Gasteiger partial charge in [0.1, 0.15) is 0 Å². The second kappa shape index (κ2) is 5.32. The Morgan fingerprint density at radius 2 is 1.76 bits per heavy atom. The number of amides is 1. The molecule has 1 unspecified atom stereocenters. The van der Waals surface area contributed by atoms with Crippen LogP contribution < -0.4 is 11.1 Å². The quantitative estimate of drug-likeness (QED) is 0.842. The number of benzene rings is 1. The predicted molar refractivity (Wildman–Crippen MR) is 70.4 cm³/mol. The smallest absolute Gasteiger partial charge is 0.237 e. The van der Waals surface area contributed by atoms with Gasteiger partial charge in [0.05, 0.1) is 12.1 Å². The largest absolute Gasteiger partial charge is 0.348 e. The molecular formula is C14H22N2O. The summed E-state index contributed by atoms with van der Waals surface area (Å²) in [6.07, 6.45) is 0. The van der Waals surface area contributed by atoms with E-state index in [1.165, 1.54) is 0 Å². The van der Waals surface area contributed by atoms with Crippen LogP contribution in [0.3, 0.4) is 0 Å². The standard InChI is InChI=1S/C14H22N2O/c1-10(11-8-6-5-7-9-11)16-13(17)12(15)14(2,3)4/h5-10,12H,15H2,1-4H3,(H,16,17)/t10-,12?/m0/s1. The molecule has 94 valence electrons. The monoisotopic (exact) mass is 234 g/mol. The van der Waals surface area contributed by atoms with E-state index in [4.69, 9.17) is 5.73 Å². The first-order valence-electron chi connectivity index (χ1n) is 5.93. The summed E-state index contributed by atoms with van der Waals surface area (Å²) < 4.78 is 0. The Balaban J connectivity index is 2.64. The van der Waals surface area contributed by atoms with Crippen molar-refractivity contribution in [1.29, 1.82) is 0 Å². The van der Waals surface area contributed by atoms with Gasteiger partial charge in [0.15, 0.2) is 0 Å². The van der Waals surface area contributed by atoms with Gasteiger partial charge in [0.25, 0.3) is 0 Å². The maximum absolute atomic E-state index is 11.9. The Bertz CT molecular complexity index is 368. The molecule has 0 aliphatic carbocycles. The summed E-state index contributed by atoms with van der Waals surface area (Å²) in [5.41, 5.74) is 6.77. The highest BCUT2D eigenvalue weighted by molar-refractivity contribution is 5.82. The Hall–Kier alpha value is -1.35. The van der Waals surface area contributed by atoms with E-state index in [0.29, 0.717) is 0 Å². The van der Waals surface area contributed by atoms with E-state index < -0.39 is 6.04 Å². The van der Waals surface area contributed by atoms with Crippen molar-refractivity contribution in [3.63, 3.8) is 0 Å². The minimum Gasteiger partial charge on any atom is -0.348 e. The van der Waals surface area contributed by atoms with E-state index >= 15 is 0 Å². The highest BCUT2D eigenvalue weighted by Gasteiger charge is 2.28. The third-order valence-corrected chi connectivity index (χ3v) is 2.87. The fourth-order valence-electron chi connectivity index (χ4n) is 1.52. The molecule has 17 heavy (non-hydrogen) atoms. The number of hydrogen-bond donors (Lipinski definition) is 2. The van der Waals surface area contributed by atoms with Crippen LogP contribution in [0.2, 0.25) is 0 Å². The fraction of sp³-hybridized carbons (Fsp3) is 0.500. The van der Waals surface area contributed by atoms with Gasteiger partial charge >= 0.3 is 0 Å². The van der Waals surface area contributed by atoms with Crippen LogP contribution in [0.5, 0.6) is 0 Å². The molecule has 1 aromatic rings. The maximum Gasteiger partial charge on any atom is 0.237 e. The first-order chi connectivity index (χ1) is 7.82. The van der Waals surface area contributed by atoms with E-state index in [-0.39, 0.29) is 17.4 Å². The van der Waals surface area contributed by atoms with Gasteiger partial charge in [-0.25, -0.2) is 0 Å². The molecular weight excluding hydrogens is 212 g/mol. The van der Waals surface area contributed by atoms with Gasteiger partial charge in [-0.1, -0.05) is 51.1 Å². The van der Waals surface area contributed by atoms with Gasteiger partial charge in [-0.05, 0) is 17.9 Å². The number of rotatable bonds is 3. The summed E-state index contributed by atoms with van der Waals surface area (Å²) in [6, 6.07) is 9.36. The first-order valence-corrected chi connectivity index (χ1v) is 5.93. The van der Waals surface area contributed by atoms with E-state index in [0.717, 1.165) is 5.56 Å². The van der Waals surface area contributed by atoms with Crippen molar-refractivity contribution < 1.29 is 4.79 Å². The Kier molecular flexibility index (Phi) is 4.29. The molecule has 0 saturated carbocycles. The second-order valence-electron chi connectivity index (χ2n) is 5.48. The van der Waals surface area contributed by atoms with Crippen molar-refractivity contribution in [3.05, 3.63) is 35.9 Å². The number of carbonyl (C=O) groups excluding carboxylic acids is 1. The van der Waals surface area contributed by atoms with Gasteiger partial charge < -0.3 is 11.1 Å². The van der Waals surface area contributed by atoms with E-state index in [1.54, 1.807) is 0 Å². The van der Waals surface area contributed by atoms with Crippen LogP contribution in [0, 0.1) is 5.41 Å². The number of nitrogens with two attached hydrogens (primary N) is 1. The van der Waals surface area contributed by atoms with Crippen molar-refractivity contribution in [3.8, 4) is 0 Å². The maximum atomic E-state index is 11.9. The van der Waals surface area contributed by atoms with Crippen LogP contribution in [0.4, 0.5) is 0 Å². The number of nitrogens with one attached hydrogen (secondary N) is 1. The van der Waals surface area contributed by atoms with Crippen LogP contribution >= 0.6 is 0 Å².